The third kappa shape index (κ3) is 4.62. The van der Waals surface area contributed by atoms with Crippen LogP contribution in [0.3, 0.4) is 0 Å². The number of carbonyl (C=O) groups excluding carboxylic acids is 2. The van der Waals surface area contributed by atoms with Crippen LogP contribution in [0.4, 0.5) is 0 Å². The topological polar surface area (TPSA) is 37.4 Å². The molecule has 3 saturated carbocycles. The second-order valence-corrected chi connectivity index (χ2v) is 13.1. The molecule has 2 unspecified atom stereocenters. The third-order valence-electron chi connectivity index (χ3n) is 11.4. The van der Waals surface area contributed by atoms with E-state index in [-0.39, 0.29) is 5.78 Å². The average Bonchev–Trinajstić information content (AvgIpc) is 3.26. The lowest BCUT2D eigenvalue weighted by Gasteiger charge is -2.63. The summed E-state index contributed by atoms with van der Waals surface area (Å²) >= 11 is 0. The van der Waals surface area contributed by atoms with E-state index in [1.165, 1.54) is 57.8 Å². The van der Waals surface area contributed by atoms with Crippen molar-refractivity contribution in [1.29, 1.82) is 0 Å². The van der Waals surface area contributed by atoms with Crippen molar-refractivity contribution < 1.29 is 9.59 Å². The Morgan fingerprint density at radius 3 is 2.54 bits per heavy atom. The van der Waals surface area contributed by atoms with E-state index in [1.54, 1.807) is 0 Å². The van der Waals surface area contributed by atoms with Gasteiger partial charge in [-0.3, -0.25) is 9.59 Å². The first kappa shape index (κ1) is 25.0. The number of hydrogen-bond acceptors (Lipinski definition) is 2. The monoisotopic (exact) mass is 477 g/mol. The molecule has 1 aromatic rings. The van der Waals surface area contributed by atoms with E-state index in [4.69, 9.17) is 0 Å². The number of piperidine rings is 1. The smallest absolute Gasteiger partial charge is 0.222 e. The summed E-state index contributed by atoms with van der Waals surface area (Å²) in [4.78, 5) is 27.2. The van der Waals surface area contributed by atoms with Crippen molar-refractivity contribution in [3.8, 4) is 0 Å². The predicted molar refractivity (Wildman–Crippen MR) is 142 cm³/mol. The number of Topliss-reactive ketones (excluding diaryl/α,β-unsaturated/α-hetero) is 1. The second kappa shape index (κ2) is 10.0. The molecule has 4 fully saturated rings. The summed E-state index contributed by atoms with van der Waals surface area (Å²) in [6.45, 7) is 5.16. The van der Waals surface area contributed by atoms with Gasteiger partial charge in [-0.05, 0) is 79.4 Å². The molecule has 1 aliphatic heterocycles. The number of carbonyl (C=O) groups is 2. The van der Waals surface area contributed by atoms with Crippen LogP contribution in [0.5, 0.6) is 0 Å². The van der Waals surface area contributed by atoms with E-state index >= 15 is 0 Å². The van der Waals surface area contributed by atoms with E-state index < -0.39 is 0 Å². The highest BCUT2D eigenvalue weighted by molar-refractivity contribution is 5.95. The Balaban J connectivity index is 1.21. The molecule has 192 valence electrons. The zero-order valence-corrected chi connectivity index (χ0v) is 22.4. The third-order valence-corrected chi connectivity index (χ3v) is 11.4. The molecular formula is C32H47NO2. The molecule has 1 saturated heterocycles. The highest BCUT2D eigenvalue weighted by Gasteiger charge is 2.61. The van der Waals surface area contributed by atoms with Crippen molar-refractivity contribution in [2.45, 2.75) is 110 Å². The fraction of sp³-hybridized carbons (Fsp3) is 0.750. The van der Waals surface area contributed by atoms with Crippen LogP contribution in [0.25, 0.3) is 0 Å². The molecule has 1 aromatic carbocycles. The Morgan fingerprint density at radius 1 is 0.971 bits per heavy atom. The van der Waals surface area contributed by atoms with Crippen molar-refractivity contribution in [2.75, 3.05) is 7.05 Å². The van der Waals surface area contributed by atoms with Gasteiger partial charge in [-0.15, -0.1) is 0 Å². The molecule has 5 rings (SSSR count). The summed E-state index contributed by atoms with van der Waals surface area (Å²) in [7, 11) is 2.09. The van der Waals surface area contributed by atoms with Crippen LogP contribution >= 0.6 is 0 Å². The maximum atomic E-state index is 12.7. The number of unbranched alkanes of at least 4 members (excludes halogenated alkanes) is 3. The number of hydrogen-bond donors (Lipinski definition) is 0. The van der Waals surface area contributed by atoms with Crippen molar-refractivity contribution in [3.63, 3.8) is 0 Å². The molecular weight excluding hydrogens is 430 g/mol. The highest BCUT2D eigenvalue weighted by Crippen LogP contribution is 2.66. The van der Waals surface area contributed by atoms with Gasteiger partial charge in [0.1, 0.15) is 0 Å². The number of fused-ring (bicyclic) bond motifs is 5. The molecule has 0 radical (unpaired) electrons. The molecule has 0 spiro atoms. The highest BCUT2D eigenvalue weighted by atomic mass is 16.2. The lowest BCUT2D eigenvalue weighted by atomic mass is 9.44. The van der Waals surface area contributed by atoms with Gasteiger partial charge in [0, 0.05) is 31.5 Å². The van der Waals surface area contributed by atoms with Crippen LogP contribution in [0.15, 0.2) is 30.3 Å². The molecule has 4 aliphatic rings. The van der Waals surface area contributed by atoms with Gasteiger partial charge in [-0.2, -0.15) is 0 Å². The number of nitrogens with zero attached hydrogens (tertiary/aromatic N) is 1. The van der Waals surface area contributed by atoms with Gasteiger partial charge in [0.25, 0.3) is 0 Å². The van der Waals surface area contributed by atoms with Gasteiger partial charge < -0.3 is 4.90 Å². The lowest BCUT2D eigenvalue weighted by Crippen LogP contribution is -2.63. The number of rotatable bonds is 8. The fourth-order valence-corrected chi connectivity index (χ4v) is 9.38. The summed E-state index contributed by atoms with van der Waals surface area (Å²) < 4.78 is 0. The summed E-state index contributed by atoms with van der Waals surface area (Å²) in [5.74, 6) is 3.97. The minimum absolute atomic E-state index is 0.285. The van der Waals surface area contributed by atoms with Gasteiger partial charge in [-0.25, -0.2) is 0 Å². The maximum absolute atomic E-state index is 12.7. The Bertz CT molecular complexity index is 911. The molecule has 1 heterocycles. The van der Waals surface area contributed by atoms with E-state index in [0.717, 1.165) is 54.9 Å². The fourth-order valence-electron chi connectivity index (χ4n) is 9.38. The van der Waals surface area contributed by atoms with Gasteiger partial charge in [-0.1, -0.05) is 76.3 Å². The first-order valence-corrected chi connectivity index (χ1v) is 14.7. The van der Waals surface area contributed by atoms with Gasteiger partial charge in [0.15, 0.2) is 5.78 Å². The SMILES string of the molecule is CN1C(=O)CC[C@@]2(C)C1CC(CCCCCCC(=O)c1ccccc1)[C@@H]1[C@H]2CC[C@]2(C)CCC[C@@H]12. The minimum atomic E-state index is 0.285. The van der Waals surface area contributed by atoms with Gasteiger partial charge in [0.2, 0.25) is 5.91 Å². The number of amides is 1. The van der Waals surface area contributed by atoms with Crippen LogP contribution in [0, 0.1) is 34.5 Å². The van der Waals surface area contributed by atoms with Gasteiger partial charge in [0.05, 0.1) is 0 Å². The molecule has 0 bridgehead atoms. The number of likely N-dealkylation sites (tertiary alicyclic amines) is 1. The molecule has 0 N–H and O–H groups in total. The van der Waals surface area contributed by atoms with Crippen LogP contribution in [-0.4, -0.2) is 29.7 Å². The first-order valence-electron chi connectivity index (χ1n) is 14.7. The number of ketones is 1. The molecule has 3 nitrogen and oxygen atoms in total. The molecule has 7 atom stereocenters. The Hall–Kier alpha value is -1.64. The minimum Gasteiger partial charge on any atom is -0.342 e. The Morgan fingerprint density at radius 2 is 1.74 bits per heavy atom. The maximum Gasteiger partial charge on any atom is 0.222 e. The first-order chi connectivity index (χ1) is 16.8. The van der Waals surface area contributed by atoms with Crippen molar-refractivity contribution in [2.24, 2.45) is 34.5 Å². The standard InChI is InChI=1S/C32H47NO2/c1-31-19-11-15-25(31)30-24(14-7-4-5-10-16-27(34)23-12-8-6-9-13-23)22-28-32(2,26(30)17-20-31)21-18-29(35)33(28)3/h6,8-9,12-13,24-26,28,30H,4-5,7,10-11,14-22H2,1-3H3/t24?,25-,26+,28?,30-,31-,32+/m0/s1. The molecule has 0 aromatic heterocycles. The van der Waals surface area contributed by atoms with Gasteiger partial charge >= 0.3 is 0 Å². The van der Waals surface area contributed by atoms with E-state index in [0.29, 0.717) is 29.2 Å². The van der Waals surface area contributed by atoms with Crippen molar-refractivity contribution >= 4 is 11.7 Å². The Kier molecular flexibility index (Phi) is 7.16. The predicted octanol–water partition coefficient (Wildman–Crippen LogP) is 7.69. The van der Waals surface area contributed by atoms with Crippen LogP contribution < -0.4 is 0 Å². The van der Waals surface area contributed by atoms with Crippen molar-refractivity contribution in [3.05, 3.63) is 35.9 Å². The van der Waals surface area contributed by atoms with Crippen molar-refractivity contribution in [1.82, 2.24) is 4.90 Å². The van der Waals surface area contributed by atoms with E-state index in [9.17, 15) is 9.59 Å². The van der Waals surface area contributed by atoms with E-state index in [1.807, 2.05) is 30.3 Å². The lowest BCUT2D eigenvalue weighted by molar-refractivity contribution is -0.166. The largest absolute Gasteiger partial charge is 0.342 e. The second-order valence-electron chi connectivity index (χ2n) is 13.1. The quantitative estimate of drug-likeness (QED) is 0.284. The van der Waals surface area contributed by atoms with Crippen LogP contribution in [0.2, 0.25) is 0 Å². The zero-order valence-electron chi connectivity index (χ0n) is 22.4. The van der Waals surface area contributed by atoms with Crippen LogP contribution in [-0.2, 0) is 4.79 Å². The summed E-state index contributed by atoms with van der Waals surface area (Å²) in [6, 6.07) is 10.2. The molecule has 3 heteroatoms. The summed E-state index contributed by atoms with van der Waals surface area (Å²) in [5.41, 5.74) is 1.73. The molecule has 1 amide bonds. The average molecular weight is 478 g/mol. The summed E-state index contributed by atoms with van der Waals surface area (Å²) in [5, 5.41) is 0. The summed E-state index contributed by atoms with van der Waals surface area (Å²) in [6.07, 6.45) is 16.8. The zero-order chi connectivity index (χ0) is 24.6. The molecule has 3 aliphatic carbocycles. The van der Waals surface area contributed by atoms with Crippen LogP contribution in [0.1, 0.15) is 114 Å². The van der Waals surface area contributed by atoms with E-state index in [2.05, 4.69) is 25.8 Å². The Labute approximate surface area is 213 Å². The normalized spacial score (nSPS) is 38.5. The number of benzene rings is 1. The molecule has 35 heavy (non-hydrogen) atoms.